The van der Waals surface area contributed by atoms with Gasteiger partial charge < -0.3 is 14.4 Å². The lowest BCUT2D eigenvalue weighted by atomic mass is 10.0. The van der Waals surface area contributed by atoms with Crippen LogP contribution in [0.2, 0.25) is 0 Å². The van der Waals surface area contributed by atoms with E-state index in [2.05, 4.69) is 0 Å². The van der Waals surface area contributed by atoms with Gasteiger partial charge in [0.2, 0.25) is 0 Å². The van der Waals surface area contributed by atoms with Crippen molar-refractivity contribution in [2.75, 3.05) is 28.3 Å². The quantitative estimate of drug-likeness (QED) is 0.792. The zero-order valence-electron chi connectivity index (χ0n) is 13.9. The van der Waals surface area contributed by atoms with E-state index >= 15 is 0 Å². The normalized spacial score (nSPS) is 10.6. The Balaban J connectivity index is 2.33. The van der Waals surface area contributed by atoms with Crippen molar-refractivity contribution in [3.05, 3.63) is 59.2 Å². The van der Waals surface area contributed by atoms with Gasteiger partial charge in [-0.15, -0.1) is 0 Å². The second kappa shape index (κ2) is 7.49. The fraction of sp³-hybridized carbons (Fsp3) is 0.211. The first-order valence-corrected chi connectivity index (χ1v) is 7.27. The highest BCUT2D eigenvalue weighted by atomic mass is 16.5. The first kappa shape index (κ1) is 16.6. The average molecular weight is 311 g/mol. The minimum absolute atomic E-state index is 0.0571. The summed E-state index contributed by atoms with van der Waals surface area (Å²) in [6.45, 7) is 0. The van der Waals surface area contributed by atoms with Crippen LogP contribution >= 0.6 is 0 Å². The molecule has 0 aromatic heterocycles. The Bertz CT molecular complexity index is 703. The molecule has 2 aromatic carbocycles. The van der Waals surface area contributed by atoms with Crippen LogP contribution in [0.4, 0.5) is 0 Å². The fourth-order valence-corrected chi connectivity index (χ4v) is 2.13. The summed E-state index contributed by atoms with van der Waals surface area (Å²) >= 11 is 0. The first-order chi connectivity index (χ1) is 11.0. The number of amides is 1. The molecule has 23 heavy (non-hydrogen) atoms. The van der Waals surface area contributed by atoms with Crippen LogP contribution in [0, 0.1) is 0 Å². The molecular weight excluding hydrogens is 290 g/mol. The topological polar surface area (TPSA) is 38.8 Å². The molecule has 0 saturated carbocycles. The number of benzene rings is 2. The van der Waals surface area contributed by atoms with Crippen molar-refractivity contribution >= 4 is 18.1 Å². The second-order valence-corrected chi connectivity index (χ2v) is 5.26. The van der Waals surface area contributed by atoms with Crippen molar-refractivity contribution in [1.29, 1.82) is 0 Å². The Morgan fingerprint density at radius 2 is 1.52 bits per heavy atom. The predicted octanol–water partition coefficient (Wildman–Crippen LogP) is 3.58. The van der Waals surface area contributed by atoms with Crippen LogP contribution in [0.1, 0.15) is 21.5 Å². The number of ether oxygens (including phenoxy) is 2. The number of methoxy groups -OCH3 is 2. The highest BCUT2D eigenvalue weighted by Gasteiger charge is 2.13. The molecule has 4 heteroatoms. The number of carbonyl (C=O) groups is 1. The van der Waals surface area contributed by atoms with Crippen LogP contribution in [-0.4, -0.2) is 39.1 Å². The molecule has 120 valence electrons. The molecule has 0 heterocycles. The Hall–Kier alpha value is -2.75. The molecular formula is C19H21NO3. The van der Waals surface area contributed by atoms with Gasteiger partial charge in [-0.1, -0.05) is 30.4 Å². The van der Waals surface area contributed by atoms with Gasteiger partial charge in [-0.05, 0) is 35.4 Å². The van der Waals surface area contributed by atoms with Gasteiger partial charge in [0, 0.05) is 14.1 Å². The minimum Gasteiger partial charge on any atom is -0.497 e. The summed E-state index contributed by atoms with van der Waals surface area (Å²) in [4.78, 5) is 13.9. The Morgan fingerprint density at radius 3 is 2.09 bits per heavy atom. The predicted molar refractivity (Wildman–Crippen MR) is 92.9 cm³/mol. The molecule has 0 aliphatic carbocycles. The lowest BCUT2D eigenvalue weighted by Crippen LogP contribution is -2.22. The summed E-state index contributed by atoms with van der Waals surface area (Å²) < 4.78 is 10.4. The smallest absolute Gasteiger partial charge is 0.254 e. The highest BCUT2D eigenvalue weighted by Crippen LogP contribution is 2.21. The van der Waals surface area contributed by atoms with E-state index in [1.807, 2.05) is 48.6 Å². The fourth-order valence-electron chi connectivity index (χ4n) is 2.13. The number of nitrogens with zero attached hydrogens (tertiary/aromatic N) is 1. The van der Waals surface area contributed by atoms with Crippen molar-refractivity contribution in [2.24, 2.45) is 0 Å². The molecule has 0 aliphatic rings. The maximum Gasteiger partial charge on any atom is 0.254 e. The van der Waals surface area contributed by atoms with Gasteiger partial charge in [-0.2, -0.15) is 0 Å². The van der Waals surface area contributed by atoms with E-state index < -0.39 is 0 Å². The second-order valence-electron chi connectivity index (χ2n) is 5.26. The monoisotopic (exact) mass is 311 g/mol. The summed E-state index contributed by atoms with van der Waals surface area (Å²) in [7, 11) is 6.70. The number of hydrogen-bond acceptors (Lipinski definition) is 3. The standard InChI is InChI=1S/C19H21NO3/c1-20(2)19(21)18-13-17(23-4)12-9-15(18)8-5-14-6-10-16(22-3)11-7-14/h5-13H,1-4H3/b8-5+. The summed E-state index contributed by atoms with van der Waals surface area (Å²) in [6.07, 6.45) is 3.89. The number of hydrogen-bond donors (Lipinski definition) is 0. The van der Waals surface area contributed by atoms with E-state index in [0.29, 0.717) is 11.3 Å². The molecule has 0 fully saturated rings. The summed E-state index contributed by atoms with van der Waals surface area (Å²) in [6, 6.07) is 13.2. The van der Waals surface area contributed by atoms with Gasteiger partial charge in [0.15, 0.2) is 0 Å². The molecule has 4 nitrogen and oxygen atoms in total. The maximum absolute atomic E-state index is 12.3. The maximum atomic E-state index is 12.3. The van der Waals surface area contributed by atoms with Gasteiger partial charge in [0.05, 0.1) is 19.8 Å². The number of carbonyl (C=O) groups excluding carboxylic acids is 1. The van der Waals surface area contributed by atoms with Crippen LogP contribution in [0.5, 0.6) is 11.5 Å². The van der Waals surface area contributed by atoms with Crippen molar-refractivity contribution in [3.8, 4) is 11.5 Å². The number of rotatable bonds is 5. The van der Waals surface area contributed by atoms with E-state index in [-0.39, 0.29) is 5.91 Å². The lowest BCUT2D eigenvalue weighted by Gasteiger charge is -2.13. The summed E-state index contributed by atoms with van der Waals surface area (Å²) in [5.74, 6) is 1.42. The van der Waals surface area contributed by atoms with Gasteiger partial charge in [0.1, 0.15) is 11.5 Å². The zero-order valence-corrected chi connectivity index (χ0v) is 13.9. The molecule has 0 N–H and O–H groups in total. The molecule has 0 radical (unpaired) electrons. The zero-order chi connectivity index (χ0) is 16.8. The molecule has 0 aliphatic heterocycles. The first-order valence-electron chi connectivity index (χ1n) is 7.27. The van der Waals surface area contributed by atoms with Gasteiger partial charge in [-0.3, -0.25) is 4.79 Å². The van der Waals surface area contributed by atoms with E-state index in [1.165, 1.54) is 0 Å². The molecule has 1 amide bonds. The van der Waals surface area contributed by atoms with Gasteiger partial charge >= 0.3 is 0 Å². The molecule has 0 bridgehead atoms. The van der Waals surface area contributed by atoms with E-state index in [9.17, 15) is 4.79 Å². The van der Waals surface area contributed by atoms with Gasteiger partial charge in [-0.25, -0.2) is 0 Å². The molecule has 0 atom stereocenters. The van der Waals surface area contributed by atoms with Crippen molar-refractivity contribution in [3.63, 3.8) is 0 Å². The van der Waals surface area contributed by atoms with Crippen LogP contribution < -0.4 is 9.47 Å². The van der Waals surface area contributed by atoms with Crippen LogP contribution in [-0.2, 0) is 0 Å². The third-order valence-electron chi connectivity index (χ3n) is 3.47. The third kappa shape index (κ3) is 4.13. The lowest BCUT2D eigenvalue weighted by molar-refractivity contribution is 0.0827. The highest BCUT2D eigenvalue weighted by molar-refractivity contribution is 5.98. The van der Waals surface area contributed by atoms with Crippen molar-refractivity contribution < 1.29 is 14.3 Å². The summed E-state index contributed by atoms with van der Waals surface area (Å²) in [5.41, 5.74) is 2.49. The largest absolute Gasteiger partial charge is 0.497 e. The molecule has 0 unspecified atom stereocenters. The van der Waals surface area contributed by atoms with Crippen LogP contribution in [0.15, 0.2) is 42.5 Å². The third-order valence-corrected chi connectivity index (χ3v) is 3.47. The van der Waals surface area contributed by atoms with Crippen molar-refractivity contribution in [2.45, 2.75) is 0 Å². The molecule has 0 saturated heterocycles. The van der Waals surface area contributed by atoms with Gasteiger partial charge in [0.25, 0.3) is 5.91 Å². The molecule has 2 rings (SSSR count). The van der Waals surface area contributed by atoms with Crippen molar-refractivity contribution in [1.82, 2.24) is 4.90 Å². The Kier molecular flexibility index (Phi) is 5.41. The van der Waals surface area contributed by atoms with E-state index in [4.69, 9.17) is 9.47 Å². The van der Waals surface area contributed by atoms with Crippen LogP contribution in [0.25, 0.3) is 12.2 Å². The Morgan fingerprint density at radius 1 is 0.913 bits per heavy atom. The summed E-state index contributed by atoms with van der Waals surface area (Å²) in [5, 5.41) is 0. The molecule has 0 spiro atoms. The van der Waals surface area contributed by atoms with E-state index in [0.717, 1.165) is 16.9 Å². The van der Waals surface area contributed by atoms with Crippen LogP contribution in [0.3, 0.4) is 0 Å². The average Bonchev–Trinajstić information content (AvgIpc) is 2.59. The Labute approximate surface area is 137 Å². The molecule has 2 aromatic rings. The SMILES string of the molecule is COc1ccc(/C=C/c2ccc(OC)cc2C(=O)N(C)C)cc1. The van der Waals surface area contributed by atoms with E-state index in [1.54, 1.807) is 39.3 Å². The minimum atomic E-state index is -0.0571.